The highest BCUT2D eigenvalue weighted by molar-refractivity contribution is 7.27. The number of thiophene rings is 4. The van der Waals surface area contributed by atoms with E-state index in [0.29, 0.717) is 0 Å². The average Bonchev–Trinajstić information content (AvgIpc) is 4.23. The molecule has 17 rings (SSSR count). The first kappa shape index (κ1) is 40.5. The third-order valence-corrected chi connectivity index (χ3v) is 20.2. The van der Waals surface area contributed by atoms with Crippen LogP contribution in [0.3, 0.4) is 0 Å². The number of hydrogen-bond donors (Lipinski definition) is 0. The molecule has 0 atom stereocenters. The molecule has 0 saturated carbocycles. The summed E-state index contributed by atoms with van der Waals surface area (Å²) >= 11 is 7.61. The van der Waals surface area contributed by atoms with Gasteiger partial charge in [0.05, 0.1) is 22.7 Å². The molecule has 0 fully saturated rings. The van der Waals surface area contributed by atoms with Crippen molar-refractivity contribution in [2.45, 2.75) is 0 Å². The van der Waals surface area contributed by atoms with Crippen molar-refractivity contribution in [1.82, 2.24) is 0 Å². The Morgan fingerprint density at radius 2 is 0.589 bits per heavy atom. The lowest BCUT2D eigenvalue weighted by Gasteiger charge is -2.45. The Balaban J connectivity index is 1.09. The van der Waals surface area contributed by atoms with Crippen molar-refractivity contribution in [3.8, 4) is 22.3 Å². The van der Waals surface area contributed by atoms with E-state index in [0.717, 1.165) is 0 Å². The van der Waals surface area contributed by atoms with Gasteiger partial charge in [0.2, 0.25) is 0 Å². The molecule has 0 radical (unpaired) electrons. The molecule has 0 unspecified atom stereocenters. The monoisotopic (exact) mass is 996 g/mol. The van der Waals surface area contributed by atoms with Crippen molar-refractivity contribution in [1.29, 1.82) is 0 Å². The first-order valence-corrected chi connectivity index (χ1v) is 28.1. The quantitative estimate of drug-likeness (QED) is 0.162. The van der Waals surface area contributed by atoms with Crippen molar-refractivity contribution >= 4 is 183 Å². The Kier molecular flexibility index (Phi) is 8.47. The van der Waals surface area contributed by atoms with E-state index < -0.39 is 0 Å². The van der Waals surface area contributed by atoms with E-state index in [1.165, 1.54) is 153 Å². The van der Waals surface area contributed by atoms with E-state index in [2.05, 4.69) is 234 Å². The van der Waals surface area contributed by atoms with Gasteiger partial charge in [0.1, 0.15) is 0 Å². The van der Waals surface area contributed by atoms with Crippen LogP contribution in [-0.2, 0) is 0 Å². The molecule has 4 aromatic heterocycles. The molecule has 2 aliphatic rings. The van der Waals surface area contributed by atoms with Crippen LogP contribution in [0.4, 0.5) is 34.1 Å². The van der Waals surface area contributed by atoms with E-state index in [4.69, 9.17) is 0 Å². The van der Waals surface area contributed by atoms with Crippen LogP contribution in [0, 0.1) is 0 Å². The van der Waals surface area contributed by atoms with Gasteiger partial charge in [-0.15, -0.1) is 45.3 Å². The molecule has 73 heavy (non-hydrogen) atoms. The number of anilines is 6. The predicted octanol–water partition coefficient (Wildman–Crippen LogP) is 18.6. The lowest BCUT2D eigenvalue weighted by atomic mass is 9.33. The van der Waals surface area contributed by atoms with Crippen LogP contribution in [-0.4, -0.2) is 6.71 Å². The SMILES string of the molecule is c1ccc(-c2ccc3sc4ccccc4c3c2N2c3cccc4c3B(c3ccc5sc6ccccc6c5c32)c2ccc3sc5ccccc5c3c2N4c2c(-c3ccccc3)ccc3sc4ccccc4c23)cc1. The Morgan fingerprint density at radius 1 is 0.260 bits per heavy atom. The molecule has 6 heterocycles. The number of rotatable bonds is 4. The zero-order valence-electron chi connectivity index (χ0n) is 39.0. The second kappa shape index (κ2) is 15.2. The Bertz CT molecular complexity index is 4530. The van der Waals surface area contributed by atoms with Gasteiger partial charge >= 0.3 is 0 Å². The molecule has 2 aliphatic heterocycles. The highest BCUT2D eigenvalue weighted by Gasteiger charge is 2.46. The van der Waals surface area contributed by atoms with E-state index >= 15 is 0 Å². The van der Waals surface area contributed by atoms with Crippen molar-refractivity contribution < 1.29 is 0 Å². The summed E-state index contributed by atoms with van der Waals surface area (Å²) < 4.78 is 10.4. The standard InChI is InChI=1S/C66H37BN2S4/c1-3-16-38(17-4-1)40-30-34-54-58(42-20-7-11-26-50(42)70-54)63(40)68-48-24-15-25-49-62(48)67(46-32-36-56-60(65(46)68)44-22-9-13-28-52(44)72-56)47-33-37-57-61(45-23-10-14-29-53(45)73-57)66(47)69(49)64-41(39-18-5-2-6-19-39)31-35-55-59(64)43-21-8-12-27-51(43)71-55/h1-37H. The lowest BCUT2D eigenvalue weighted by molar-refractivity contribution is 1.28. The van der Waals surface area contributed by atoms with Crippen LogP contribution in [0.1, 0.15) is 0 Å². The second-order valence-corrected chi connectivity index (χ2v) is 23.7. The number of nitrogens with zero attached hydrogens (tertiary/aromatic N) is 2. The van der Waals surface area contributed by atoms with Gasteiger partial charge in [-0.1, -0.05) is 164 Å². The molecule has 0 spiro atoms. The fraction of sp³-hybridized carbons (Fsp3) is 0. The average molecular weight is 997 g/mol. The summed E-state index contributed by atoms with van der Waals surface area (Å²) in [6.45, 7) is -0.0768. The van der Waals surface area contributed by atoms with Crippen LogP contribution in [0.2, 0.25) is 0 Å². The Hall–Kier alpha value is -8.04. The zero-order valence-corrected chi connectivity index (χ0v) is 42.2. The highest BCUT2D eigenvalue weighted by atomic mass is 32.1. The third-order valence-electron chi connectivity index (χ3n) is 15.6. The summed E-state index contributed by atoms with van der Waals surface area (Å²) in [5.41, 5.74) is 16.2. The van der Waals surface area contributed by atoms with Gasteiger partial charge in [0.15, 0.2) is 0 Å². The fourth-order valence-corrected chi connectivity index (χ4v) is 17.2. The molecule has 0 N–H and O–H groups in total. The molecule has 0 saturated heterocycles. The highest BCUT2D eigenvalue weighted by Crippen LogP contribution is 2.57. The number of hydrogen-bond acceptors (Lipinski definition) is 6. The summed E-state index contributed by atoms with van der Waals surface area (Å²) in [5.74, 6) is 0. The van der Waals surface area contributed by atoms with Gasteiger partial charge in [0, 0.05) is 103 Å². The van der Waals surface area contributed by atoms with Crippen molar-refractivity contribution in [2.75, 3.05) is 9.80 Å². The predicted molar refractivity (Wildman–Crippen MR) is 323 cm³/mol. The molecule has 0 amide bonds. The molecule has 2 nitrogen and oxygen atoms in total. The van der Waals surface area contributed by atoms with E-state index in [1.807, 2.05) is 45.3 Å². The summed E-state index contributed by atoms with van der Waals surface area (Å²) in [7, 11) is 0. The van der Waals surface area contributed by atoms with Gasteiger partial charge in [-0.25, -0.2) is 0 Å². The molecular weight excluding hydrogens is 960 g/mol. The minimum atomic E-state index is -0.0768. The Labute approximate surface area is 436 Å². The second-order valence-electron chi connectivity index (χ2n) is 19.4. The first-order chi connectivity index (χ1) is 36.2. The van der Waals surface area contributed by atoms with Crippen LogP contribution >= 0.6 is 45.3 Å². The molecule has 0 bridgehead atoms. The summed E-state index contributed by atoms with van der Waals surface area (Å²) in [4.78, 5) is 5.46. The van der Waals surface area contributed by atoms with E-state index in [9.17, 15) is 0 Å². The summed E-state index contributed by atoms with van der Waals surface area (Å²) in [6.07, 6.45) is 0. The minimum Gasteiger partial charge on any atom is -0.309 e. The molecular formula is C66H37BN2S4. The molecule has 11 aromatic carbocycles. The summed E-state index contributed by atoms with van der Waals surface area (Å²) in [6, 6.07) is 85.0. The minimum absolute atomic E-state index is 0.0768. The normalized spacial score (nSPS) is 13.1. The van der Waals surface area contributed by atoms with E-state index in [1.54, 1.807) is 0 Å². The molecule has 15 aromatic rings. The van der Waals surface area contributed by atoms with Gasteiger partial charge < -0.3 is 9.80 Å². The van der Waals surface area contributed by atoms with Crippen LogP contribution in [0.5, 0.6) is 0 Å². The first-order valence-electron chi connectivity index (χ1n) is 24.9. The largest absolute Gasteiger partial charge is 0.309 e. The number of fused-ring (bicyclic) bond motifs is 18. The van der Waals surface area contributed by atoms with Gasteiger partial charge in [0.25, 0.3) is 6.71 Å². The number of benzene rings is 11. The Morgan fingerprint density at radius 3 is 0.973 bits per heavy atom. The molecule has 338 valence electrons. The zero-order chi connectivity index (χ0) is 47.5. The topological polar surface area (TPSA) is 6.48 Å². The van der Waals surface area contributed by atoms with Crippen molar-refractivity contribution in [2.24, 2.45) is 0 Å². The fourth-order valence-electron chi connectivity index (χ4n) is 12.8. The smallest absolute Gasteiger partial charge is 0.252 e. The maximum Gasteiger partial charge on any atom is 0.252 e. The van der Waals surface area contributed by atoms with Crippen LogP contribution in [0.25, 0.3) is 103 Å². The lowest BCUT2D eigenvalue weighted by Crippen LogP contribution is -2.61. The maximum absolute atomic E-state index is 2.73. The van der Waals surface area contributed by atoms with Gasteiger partial charge in [-0.3, -0.25) is 0 Å². The molecule has 7 heteroatoms. The van der Waals surface area contributed by atoms with Crippen molar-refractivity contribution in [3.05, 3.63) is 224 Å². The van der Waals surface area contributed by atoms with E-state index in [-0.39, 0.29) is 6.71 Å². The third kappa shape index (κ3) is 5.57. The maximum atomic E-state index is 2.73. The van der Waals surface area contributed by atoms with Gasteiger partial charge in [-0.2, -0.15) is 0 Å². The van der Waals surface area contributed by atoms with Crippen LogP contribution in [0.15, 0.2) is 224 Å². The van der Waals surface area contributed by atoms with Crippen molar-refractivity contribution in [3.63, 3.8) is 0 Å². The van der Waals surface area contributed by atoms with Crippen LogP contribution < -0.4 is 26.2 Å². The van der Waals surface area contributed by atoms with Gasteiger partial charge in [-0.05, 0) is 88.2 Å². The summed E-state index contributed by atoms with van der Waals surface area (Å²) in [5, 5.41) is 10.4. The molecule has 0 aliphatic carbocycles.